The van der Waals surface area contributed by atoms with Crippen molar-refractivity contribution in [3.8, 4) is 5.75 Å². The van der Waals surface area contributed by atoms with Gasteiger partial charge in [0.25, 0.3) is 0 Å². The maximum absolute atomic E-state index is 14.3. The molecule has 0 saturated carbocycles. The Morgan fingerprint density at radius 3 is 2.50 bits per heavy atom. The third-order valence-corrected chi connectivity index (χ3v) is 5.72. The van der Waals surface area contributed by atoms with Crippen molar-refractivity contribution in [3.05, 3.63) is 64.6 Å². The lowest BCUT2D eigenvalue weighted by Crippen LogP contribution is -2.55. The highest BCUT2D eigenvalue weighted by molar-refractivity contribution is 6.30. The first-order chi connectivity index (χ1) is 14.8. The van der Waals surface area contributed by atoms with Gasteiger partial charge < -0.3 is 15.3 Å². The van der Waals surface area contributed by atoms with Gasteiger partial charge in [0.15, 0.2) is 0 Å². The predicted octanol–water partition coefficient (Wildman–Crippen LogP) is 5.63. The third-order valence-electron chi connectivity index (χ3n) is 5.49. The number of methoxy groups -OCH3 is 1. The molecule has 2 N–H and O–H groups in total. The number of hydrogen-bond donors (Lipinski definition) is 2. The fourth-order valence-corrected chi connectivity index (χ4v) is 4.04. The molecule has 2 aromatic carbocycles. The van der Waals surface area contributed by atoms with Crippen molar-refractivity contribution in [2.24, 2.45) is 0 Å². The van der Waals surface area contributed by atoms with Crippen LogP contribution in [0.5, 0.6) is 5.75 Å². The van der Waals surface area contributed by atoms with Gasteiger partial charge in [0.1, 0.15) is 11.6 Å². The van der Waals surface area contributed by atoms with Crippen LogP contribution in [0.4, 0.5) is 13.2 Å². The summed E-state index contributed by atoms with van der Waals surface area (Å²) in [6, 6.07) is 9.09. The summed E-state index contributed by atoms with van der Waals surface area (Å²) in [5.41, 5.74) is -4.91. The molecule has 9 heteroatoms. The number of alkyl halides is 3. The summed E-state index contributed by atoms with van der Waals surface area (Å²) >= 11 is 5.99. The van der Waals surface area contributed by atoms with Crippen molar-refractivity contribution in [2.75, 3.05) is 7.11 Å². The SMILES string of the molecule is COc1cc(Cl)ccc1C(C)(C)CC(O)(C(=N)c1cccc2nc(C)ncc12)C(F)(F)F. The second kappa shape index (κ2) is 8.33. The minimum absolute atomic E-state index is 0.0822. The number of hydrogen-bond acceptors (Lipinski definition) is 5. The smallest absolute Gasteiger partial charge is 0.423 e. The monoisotopic (exact) mass is 465 g/mol. The maximum Gasteiger partial charge on any atom is 0.423 e. The molecule has 1 unspecified atom stereocenters. The number of benzene rings is 2. The van der Waals surface area contributed by atoms with E-state index in [1.54, 1.807) is 39.0 Å². The van der Waals surface area contributed by atoms with Crippen LogP contribution in [0.15, 0.2) is 42.6 Å². The van der Waals surface area contributed by atoms with E-state index in [-0.39, 0.29) is 10.9 Å². The number of ether oxygens (including phenoxy) is 1. The predicted molar refractivity (Wildman–Crippen MR) is 118 cm³/mol. The van der Waals surface area contributed by atoms with Crippen molar-refractivity contribution in [2.45, 2.75) is 44.4 Å². The van der Waals surface area contributed by atoms with E-state index in [1.165, 1.54) is 31.5 Å². The fourth-order valence-electron chi connectivity index (χ4n) is 3.88. The number of fused-ring (bicyclic) bond motifs is 1. The largest absolute Gasteiger partial charge is 0.496 e. The molecule has 0 fully saturated rings. The van der Waals surface area contributed by atoms with Crippen molar-refractivity contribution < 1.29 is 23.0 Å². The molecule has 1 heterocycles. The van der Waals surface area contributed by atoms with Crippen LogP contribution in [-0.4, -0.2) is 39.7 Å². The molecule has 5 nitrogen and oxygen atoms in total. The number of aryl methyl sites for hydroxylation is 1. The molecule has 0 saturated heterocycles. The molecule has 170 valence electrons. The Kier molecular flexibility index (Phi) is 6.23. The summed E-state index contributed by atoms with van der Waals surface area (Å²) in [6.07, 6.45) is -4.57. The Labute approximate surface area is 188 Å². The molecule has 0 bridgehead atoms. The first-order valence-electron chi connectivity index (χ1n) is 9.75. The lowest BCUT2D eigenvalue weighted by molar-refractivity contribution is -0.236. The van der Waals surface area contributed by atoms with Gasteiger partial charge in [-0.15, -0.1) is 0 Å². The highest BCUT2D eigenvalue weighted by Crippen LogP contribution is 2.45. The van der Waals surface area contributed by atoms with Crippen LogP contribution in [0.25, 0.3) is 10.9 Å². The molecule has 0 aliphatic heterocycles. The van der Waals surface area contributed by atoms with Gasteiger partial charge in [0, 0.05) is 28.6 Å². The maximum atomic E-state index is 14.3. The number of aromatic nitrogens is 2. The highest BCUT2D eigenvalue weighted by atomic mass is 35.5. The van der Waals surface area contributed by atoms with E-state index >= 15 is 0 Å². The Morgan fingerprint density at radius 2 is 1.88 bits per heavy atom. The number of aliphatic hydroxyl groups is 1. The molecule has 0 aliphatic carbocycles. The number of halogens is 4. The Bertz CT molecular complexity index is 1180. The van der Waals surface area contributed by atoms with Crippen LogP contribution in [0.3, 0.4) is 0 Å². The summed E-state index contributed by atoms with van der Waals surface area (Å²) < 4.78 is 48.3. The van der Waals surface area contributed by atoms with Crippen molar-refractivity contribution >= 4 is 28.2 Å². The first kappa shape index (κ1) is 23.9. The summed E-state index contributed by atoms with van der Waals surface area (Å²) in [7, 11) is 1.39. The Morgan fingerprint density at radius 1 is 1.19 bits per heavy atom. The first-order valence-corrected chi connectivity index (χ1v) is 10.1. The van der Waals surface area contributed by atoms with Crippen molar-refractivity contribution in [1.29, 1.82) is 5.41 Å². The summed E-state index contributed by atoms with van der Waals surface area (Å²) in [5, 5.41) is 20.1. The molecule has 3 aromatic rings. The Balaban J connectivity index is 2.13. The lowest BCUT2D eigenvalue weighted by atomic mass is 9.72. The zero-order chi connectivity index (χ0) is 23.9. The van der Waals surface area contributed by atoms with E-state index in [9.17, 15) is 18.3 Å². The molecule has 0 radical (unpaired) electrons. The van der Waals surface area contributed by atoms with Crippen LogP contribution in [-0.2, 0) is 5.41 Å². The standard InChI is InChI=1S/C23H23ClF3N3O2/c1-13-29-11-16-15(6-5-7-18(16)30-13)20(28)22(31,23(25,26)27)12-21(2,3)17-9-8-14(24)10-19(17)32-4/h5-11,28,31H,12H2,1-4H3. The average molecular weight is 466 g/mol. The van der Waals surface area contributed by atoms with Crippen LogP contribution >= 0.6 is 11.6 Å². The van der Waals surface area contributed by atoms with Crippen LogP contribution < -0.4 is 4.74 Å². The van der Waals surface area contributed by atoms with Gasteiger partial charge in [0.2, 0.25) is 5.60 Å². The minimum Gasteiger partial charge on any atom is -0.496 e. The van der Waals surface area contributed by atoms with E-state index in [2.05, 4.69) is 9.97 Å². The summed E-state index contributed by atoms with van der Waals surface area (Å²) in [4.78, 5) is 8.26. The van der Waals surface area contributed by atoms with Crippen molar-refractivity contribution in [3.63, 3.8) is 0 Å². The van der Waals surface area contributed by atoms with E-state index in [1.807, 2.05) is 0 Å². The Hall–Kier alpha value is -2.71. The molecule has 32 heavy (non-hydrogen) atoms. The normalized spacial score (nSPS) is 14.3. The van der Waals surface area contributed by atoms with E-state index < -0.39 is 29.3 Å². The van der Waals surface area contributed by atoms with Crippen LogP contribution in [0, 0.1) is 12.3 Å². The lowest BCUT2D eigenvalue weighted by Gasteiger charge is -2.39. The van der Waals surface area contributed by atoms with Crippen LogP contribution in [0.1, 0.15) is 37.2 Å². The zero-order valence-corrected chi connectivity index (χ0v) is 18.8. The minimum atomic E-state index is -5.12. The summed E-state index contributed by atoms with van der Waals surface area (Å²) in [5.74, 6) is 0.746. The molecular weight excluding hydrogens is 443 g/mol. The van der Waals surface area contributed by atoms with Gasteiger partial charge in [-0.3, -0.25) is 0 Å². The number of nitrogens with one attached hydrogen (secondary N) is 1. The van der Waals surface area contributed by atoms with Crippen LogP contribution in [0.2, 0.25) is 5.02 Å². The van der Waals surface area contributed by atoms with E-state index in [0.29, 0.717) is 27.7 Å². The van der Waals surface area contributed by atoms with Gasteiger partial charge in [-0.05, 0) is 36.1 Å². The van der Waals surface area contributed by atoms with Crippen molar-refractivity contribution in [1.82, 2.24) is 9.97 Å². The zero-order valence-electron chi connectivity index (χ0n) is 18.0. The molecule has 3 rings (SSSR count). The number of nitrogens with zero attached hydrogens (tertiary/aromatic N) is 2. The molecule has 1 aromatic heterocycles. The second-order valence-corrected chi connectivity index (χ2v) is 8.73. The molecule has 0 aliphatic rings. The van der Waals surface area contributed by atoms with E-state index in [0.717, 1.165) is 0 Å². The van der Waals surface area contributed by atoms with Gasteiger partial charge in [0.05, 0.1) is 18.3 Å². The van der Waals surface area contributed by atoms with Gasteiger partial charge in [-0.1, -0.05) is 43.6 Å². The molecule has 1 atom stereocenters. The van der Waals surface area contributed by atoms with Gasteiger partial charge in [-0.25, -0.2) is 9.97 Å². The third kappa shape index (κ3) is 4.29. The highest BCUT2D eigenvalue weighted by Gasteiger charge is 2.59. The van der Waals surface area contributed by atoms with Gasteiger partial charge in [-0.2, -0.15) is 13.2 Å². The summed E-state index contributed by atoms with van der Waals surface area (Å²) in [6.45, 7) is 4.77. The number of rotatable bonds is 6. The molecular formula is C23H23ClF3N3O2. The molecule has 0 spiro atoms. The molecule has 0 amide bonds. The second-order valence-electron chi connectivity index (χ2n) is 8.29. The van der Waals surface area contributed by atoms with E-state index in [4.69, 9.17) is 21.7 Å². The quantitative estimate of drug-likeness (QED) is 0.462. The van der Waals surface area contributed by atoms with Gasteiger partial charge >= 0.3 is 6.18 Å². The fraction of sp³-hybridized carbons (Fsp3) is 0.348. The average Bonchev–Trinajstić information content (AvgIpc) is 2.70. The topological polar surface area (TPSA) is 79.1 Å².